The molecule has 0 unspecified atom stereocenters. The number of nitrogens with zero attached hydrogens (tertiary/aromatic N) is 2. The lowest BCUT2D eigenvalue weighted by atomic mass is 10.2. The first kappa shape index (κ1) is 26.8. The summed E-state index contributed by atoms with van der Waals surface area (Å²) in [5.41, 5.74) is 1.000. The van der Waals surface area contributed by atoms with Crippen LogP contribution >= 0.6 is 24.0 Å². The van der Waals surface area contributed by atoms with Gasteiger partial charge in [-0.05, 0) is 47.1 Å². The van der Waals surface area contributed by atoms with Crippen LogP contribution in [0.1, 0.15) is 46.6 Å². The van der Waals surface area contributed by atoms with Gasteiger partial charge in [0.1, 0.15) is 0 Å². The maximum atomic E-state index is 5.49. The number of rotatable bonds is 11. The minimum Gasteiger partial charge on any atom is -0.493 e. The molecule has 0 saturated carbocycles. The van der Waals surface area contributed by atoms with Gasteiger partial charge in [-0.15, -0.1) is 24.0 Å². The average Bonchev–Trinajstić information content (AvgIpc) is 2.64. The summed E-state index contributed by atoms with van der Waals surface area (Å²) in [5, 5.41) is 6.74. The van der Waals surface area contributed by atoms with Crippen molar-refractivity contribution in [1.82, 2.24) is 15.5 Å². The minimum atomic E-state index is 0. The molecular formula is C21H39IN4O2. The van der Waals surface area contributed by atoms with Crippen molar-refractivity contribution in [3.8, 4) is 11.5 Å². The normalized spacial score (nSPS) is 11.6. The summed E-state index contributed by atoms with van der Waals surface area (Å²) in [7, 11) is 3.30. The van der Waals surface area contributed by atoms with E-state index in [1.807, 2.05) is 18.2 Å². The number of benzene rings is 1. The van der Waals surface area contributed by atoms with Gasteiger partial charge in [-0.2, -0.15) is 0 Å². The molecule has 0 fully saturated rings. The second kappa shape index (κ2) is 14.7. The number of guanidine groups is 1. The number of hydrogen-bond donors (Lipinski definition) is 2. The molecule has 28 heavy (non-hydrogen) atoms. The summed E-state index contributed by atoms with van der Waals surface area (Å²) in [6.45, 7) is 14.4. The zero-order chi connectivity index (χ0) is 20.2. The van der Waals surface area contributed by atoms with E-state index >= 15 is 0 Å². The van der Waals surface area contributed by atoms with Crippen LogP contribution in [-0.2, 0) is 6.54 Å². The molecular weight excluding hydrogens is 467 g/mol. The molecule has 0 radical (unpaired) electrons. The summed E-state index contributed by atoms with van der Waals surface area (Å²) in [6.07, 6.45) is 1.07. The fourth-order valence-corrected chi connectivity index (χ4v) is 3.17. The molecule has 0 amide bonds. The molecule has 6 nitrogen and oxygen atoms in total. The average molecular weight is 506 g/mol. The van der Waals surface area contributed by atoms with Crippen LogP contribution in [0.25, 0.3) is 0 Å². The van der Waals surface area contributed by atoms with Crippen LogP contribution in [0.2, 0.25) is 0 Å². The van der Waals surface area contributed by atoms with E-state index in [2.05, 4.69) is 50.2 Å². The van der Waals surface area contributed by atoms with Crippen LogP contribution < -0.4 is 20.1 Å². The van der Waals surface area contributed by atoms with Crippen molar-refractivity contribution >= 4 is 29.9 Å². The standard InChI is InChI=1S/C21H38N4O2.HI/c1-8-22-21(23-13-10-14-25(16(2)3)17(4)5)24-15-18-11-9-12-19(26-6)20(18)27-7;/h9,11-12,16-17H,8,10,13-15H2,1-7H3,(H2,22,23,24);1H. The predicted octanol–water partition coefficient (Wildman–Crippen LogP) is 3.89. The molecule has 1 aromatic rings. The number of methoxy groups -OCH3 is 2. The predicted molar refractivity (Wildman–Crippen MR) is 129 cm³/mol. The van der Waals surface area contributed by atoms with Crippen molar-refractivity contribution in [2.24, 2.45) is 4.99 Å². The largest absolute Gasteiger partial charge is 0.493 e. The molecule has 0 aromatic heterocycles. The van der Waals surface area contributed by atoms with Crippen LogP contribution in [-0.4, -0.2) is 56.8 Å². The first-order chi connectivity index (χ1) is 12.9. The number of aliphatic imine (C=N–C) groups is 1. The molecule has 162 valence electrons. The van der Waals surface area contributed by atoms with Gasteiger partial charge in [0.25, 0.3) is 0 Å². The quantitative estimate of drug-likeness (QED) is 0.207. The van der Waals surface area contributed by atoms with Crippen molar-refractivity contribution in [3.63, 3.8) is 0 Å². The van der Waals surface area contributed by atoms with Gasteiger partial charge in [0.05, 0.1) is 20.8 Å². The third kappa shape index (κ3) is 8.86. The Balaban J connectivity index is 0.00000729. The SMILES string of the molecule is CCNC(=NCc1cccc(OC)c1OC)NCCCN(C(C)C)C(C)C.I. The lowest BCUT2D eigenvalue weighted by molar-refractivity contribution is 0.173. The monoisotopic (exact) mass is 506 g/mol. The van der Waals surface area contributed by atoms with Crippen molar-refractivity contribution in [2.45, 2.75) is 59.7 Å². The Kier molecular flexibility index (Phi) is 14.1. The van der Waals surface area contributed by atoms with E-state index in [0.717, 1.165) is 49.1 Å². The van der Waals surface area contributed by atoms with Crippen molar-refractivity contribution in [1.29, 1.82) is 0 Å². The van der Waals surface area contributed by atoms with Crippen LogP contribution in [0.15, 0.2) is 23.2 Å². The van der Waals surface area contributed by atoms with Gasteiger partial charge in [0.15, 0.2) is 17.5 Å². The van der Waals surface area contributed by atoms with E-state index in [0.29, 0.717) is 18.6 Å². The Labute approximate surface area is 188 Å². The van der Waals surface area contributed by atoms with Gasteiger partial charge in [0.2, 0.25) is 0 Å². The summed E-state index contributed by atoms with van der Waals surface area (Å²) < 4.78 is 10.9. The molecule has 2 N–H and O–H groups in total. The molecule has 1 aromatic carbocycles. The lowest BCUT2D eigenvalue weighted by Crippen LogP contribution is -2.41. The highest BCUT2D eigenvalue weighted by Crippen LogP contribution is 2.30. The number of halogens is 1. The maximum Gasteiger partial charge on any atom is 0.191 e. The number of hydrogen-bond acceptors (Lipinski definition) is 4. The van der Waals surface area contributed by atoms with E-state index < -0.39 is 0 Å². The zero-order valence-electron chi connectivity index (χ0n) is 18.5. The van der Waals surface area contributed by atoms with Gasteiger partial charge in [0, 0.05) is 37.3 Å². The van der Waals surface area contributed by atoms with Crippen LogP contribution in [0.5, 0.6) is 11.5 Å². The van der Waals surface area contributed by atoms with Crippen LogP contribution in [0.4, 0.5) is 0 Å². The second-order valence-corrected chi connectivity index (χ2v) is 7.05. The molecule has 0 aliphatic carbocycles. The molecule has 0 bridgehead atoms. The zero-order valence-corrected chi connectivity index (χ0v) is 20.9. The molecule has 0 saturated heterocycles. The topological polar surface area (TPSA) is 58.1 Å². The molecule has 0 heterocycles. The van der Waals surface area contributed by atoms with Gasteiger partial charge in [-0.3, -0.25) is 4.90 Å². The maximum absolute atomic E-state index is 5.49. The summed E-state index contributed by atoms with van der Waals surface area (Å²) in [6, 6.07) is 6.99. The van der Waals surface area contributed by atoms with Crippen molar-refractivity contribution in [3.05, 3.63) is 23.8 Å². The van der Waals surface area contributed by atoms with Crippen molar-refractivity contribution < 1.29 is 9.47 Å². The van der Waals surface area contributed by atoms with Gasteiger partial charge < -0.3 is 20.1 Å². The highest BCUT2D eigenvalue weighted by atomic mass is 127. The van der Waals surface area contributed by atoms with E-state index in [4.69, 9.17) is 14.5 Å². The fourth-order valence-electron chi connectivity index (χ4n) is 3.17. The minimum absolute atomic E-state index is 0. The Morgan fingerprint density at radius 2 is 1.75 bits per heavy atom. The van der Waals surface area contributed by atoms with E-state index in [9.17, 15) is 0 Å². The highest BCUT2D eigenvalue weighted by molar-refractivity contribution is 14.0. The van der Waals surface area contributed by atoms with Crippen LogP contribution in [0, 0.1) is 0 Å². The Hall–Kier alpha value is -1.22. The second-order valence-electron chi connectivity index (χ2n) is 7.05. The Bertz CT molecular complexity index is 572. The Morgan fingerprint density at radius 1 is 1.07 bits per heavy atom. The summed E-state index contributed by atoms with van der Waals surface area (Å²) in [5.74, 6) is 2.29. The summed E-state index contributed by atoms with van der Waals surface area (Å²) >= 11 is 0. The van der Waals surface area contributed by atoms with Crippen LogP contribution in [0.3, 0.4) is 0 Å². The van der Waals surface area contributed by atoms with E-state index in [1.165, 1.54) is 0 Å². The smallest absolute Gasteiger partial charge is 0.191 e. The molecule has 0 aliphatic heterocycles. The molecule has 7 heteroatoms. The molecule has 0 atom stereocenters. The van der Waals surface area contributed by atoms with Crippen molar-refractivity contribution in [2.75, 3.05) is 33.9 Å². The number of nitrogens with one attached hydrogen (secondary N) is 2. The first-order valence-electron chi connectivity index (χ1n) is 9.92. The highest BCUT2D eigenvalue weighted by Gasteiger charge is 2.12. The third-order valence-electron chi connectivity index (χ3n) is 4.45. The summed E-state index contributed by atoms with van der Waals surface area (Å²) in [4.78, 5) is 7.21. The van der Waals surface area contributed by atoms with E-state index in [-0.39, 0.29) is 24.0 Å². The van der Waals surface area contributed by atoms with Gasteiger partial charge in [-0.25, -0.2) is 4.99 Å². The third-order valence-corrected chi connectivity index (χ3v) is 4.45. The molecule has 0 spiro atoms. The first-order valence-corrected chi connectivity index (χ1v) is 9.92. The number of ether oxygens (including phenoxy) is 2. The van der Waals surface area contributed by atoms with Gasteiger partial charge in [-0.1, -0.05) is 12.1 Å². The molecule has 1 rings (SSSR count). The Morgan fingerprint density at radius 3 is 2.29 bits per heavy atom. The van der Waals surface area contributed by atoms with Gasteiger partial charge >= 0.3 is 0 Å². The number of para-hydroxylation sites is 1. The van der Waals surface area contributed by atoms with E-state index in [1.54, 1.807) is 14.2 Å². The fraction of sp³-hybridized carbons (Fsp3) is 0.667. The lowest BCUT2D eigenvalue weighted by Gasteiger charge is -2.30. The molecule has 0 aliphatic rings.